The summed E-state index contributed by atoms with van der Waals surface area (Å²) >= 11 is 0. The predicted molar refractivity (Wildman–Crippen MR) is 137 cm³/mol. The summed E-state index contributed by atoms with van der Waals surface area (Å²) in [6, 6.07) is 23.1. The molecule has 1 fully saturated rings. The number of sulfonamides is 1. The van der Waals surface area contributed by atoms with Gasteiger partial charge in [0.05, 0.1) is 4.90 Å². The van der Waals surface area contributed by atoms with E-state index < -0.39 is 10.0 Å². The summed E-state index contributed by atoms with van der Waals surface area (Å²) in [6.07, 6.45) is 1.63. The van der Waals surface area contributed by atoms with Gasteiger partial charge in [0, 0.05) is 24.3 Å². The molecule has 0 aromatic heterocycles. The third-order valence-electron chi connectivity index (χ3n) is 6.34. The smallest absolute Gasteiger partial charge is 0.255 e. The lowest BCUT2D eigenvalue weighted by Gasteiger charge is -2.34. The van der Waals surface area contributed by atoms with E-state index in [-0.39, 0.29) is 16.8 Å². The molecule has 1 N–H and O–H groups in total. The normalized spacial score (nSPS) is 15.2. The molecule has 8 heteroatoms. The number of amides is 1. The van der Waals surface area contributed by atoms with E-state index in [1.54, 1.807) is 43.4 Å². The second-order valence-corrected chi connectivity index (χ2v) is 10.8. The van der Waals surface area contributed by atoms with E-state index in [1.165, 1.54) is 16.4 Å². The minimum absolute atomic E-state index is 0.00744. The van der Waals surface area contributed by atoms with Crippen molar-refractivity contribution in [3.05, 3.63) is 90.0 Å². The van der Waals surface area contributed by atoms with Crippen LogP contribution in [0.15, 0.2) is 83.8 Å². The fraction of sp³-hybridized carbons (Fsp3) is 0.296. The monoisotopic (exact) mass is 493 g/mol. The molecule has 0 aliphatic carbocycles. The van der Waals surface area contributed by atoms with Crippen LogP contribution in [0.2, 0.25) is 0 Å². The van der Waals surface area contributed by atoms with E-state index >= 15 is 0 Å². The zero-order chi connectivity index (χ0) is 24.8. The van der Waals surface area contributed by atoms with Gasteiger partial charge in [0.15, 0.2) is 0 Å². The average molecular weight is 494 g/mol. The number of hydrogen-bond donors (Lipinski definition) is 1. The fourth-order valence-electron chi connectivity index (χ4n) is 4.10. The molecule has 0 bridgehead atoms. The highest BCUT2D eigenvalue weighted by Crippen LogP contribution is 2.24. The fourth-order valence-corrected chi connectivity index (χ4v) is 5.52. The molecule has 1 aliphatic rings. The number of piperidine rings is 1. The van der Waals surface area contributed by atoms with Crippen molar-refractivity contribution in [2.75, 3.05) is 32.5 Å². The Hall–Kier alpha value is -3.20. The summed E-state index contributed by atoms with van der Waals surface area (Å²) < 4.78 is 33.5. The molecule has 1 saturated heterocycles. The molecule has 0 saturated carbocycles. The lowest BCUT2D eigenvalue weighted by Crippen LogP contribution is -2.44. The molecule has 0 atom stereocenters. The Morgan fingerprint density at radius 3 is 2.37 bits per heavy atom. The van der Waals surface area contributed by atoms with Crippen LogP contribution >= 0.6 is 0 Å². The number of anilines is 1. The number of likely N-dealkylation sites (tertiary alicyclic amines) is 1. The molecule has 1 heterocycles. The lowest BCUT2D eigenvalue weighted by atomic mass is 10.1. The van der Waals surface area contributed by atoms with Crippen LogP contribution < -0.4 is 10.1 Å². The summed E-state index contributed by atoms with van der Waals surface area (Å²) in [7, 11) is 0.0913. The molecule has 0 unspecified atom stereocenters. The van der Waals surface area contributed by atoms with Gasteiger partial charge in [-0.3, -0.25) is 4.79 Å². The number of carbonyl (C=O) groups is 1. The van der Waals surface area contributed by atoms with Gasteiger partial charge < -0.3 is 15.0 Å². The van der Waals surface area contributed by atoms with E-state index in [0.29, 0.717) is 23.6 Å². The zero-order valence-electron chi connectivity index (χ0n) is 20.1. The van der Waals surface area contributed by atoms with Gasteiger partial charge in [-0.1, -0.05) is 36.4 Å². The van der Waals surface area contributed by atoms with Gasteiger partial charge in [-0.25, -0.2) is 8.42 Å². The summed E-state index contributed by atoms with van der Waals surface area (Å²) in [4.78, 5) is 15.2. The predicted octanol–water partition coefficient (Wildman–Crippen LogP) is 4.23. The van der Waals surface area contributed by atoms with Crippen molar-refractivity contribution < 1.29 is 17.9 Å². The quantitative estimate of drug-likeness (QED) is 0.508. The number of carbonyl (C=O) groups excluding carboxylic acids is 1. The van der Waals surface area contributed by atoms with Crippen LogP contribution in [0.5, 0.6) is 5.75 Å². The van der Waals surface area contributed by atoms with Crippen LogP contribution in [0.25, 0.3) is 0 Å². The Morgan fingerprint density at radius 2 is 1.69 bits per heavy atom. The van der Waals surface area contributed by atoms with Gasteiger partial charge in [0.25, 0.3) is 5.91 Å². The number of nitrogens with zero attached hydrogens (tertiary/aromatic N) is 2. The Bertz CT molecular complexity index is 1240. The minimum Gasteiger partial charge on any atom is -0.489 e. The minimum atomic E-state index is -3.60. The van der Waals surface area contributed by atoms with E-state index in [4.69, 9.17) is 4.74 Å². The number of benzene rings is 3. The van der Waals surface area contributed by atoms with Crippen LogP contribution in [-0.2, 0) is 16.6 Å². The number of hydrogen-bond acceptors (Lipinski definition) is 5. The molecular formula is C27H31N3O4S. The highest BCUT2D eigenvalue weighted by molar-refractivity contribution is 7.89. The van der Waals surface area contributed by atoms with Crippen LogP contribution in [0, 0.1) is 0 Å². The molecule has 4 rings (SSSR count). The number of rotatable bonds is 8. The summed E-state index contributed by atoms with van der Waals surface area (Å²) in [5.41, 5.74) is 2.01. The first-order valence-electron chi connectivity index (χ1n) is 11.7. The van der Waals surface area contributed by atoms with Crippen LogP contribution in [0.4, 0.5) is 5.69 Å². The molecule has 7 nitrogen and oxygen atoms in total. The zero-order valence-corrected chi connectivity index (χ0v) is 20.9. The van der Waals surface area contributed by atoms with E-state index in [1.807, 2.05) is 37.4 Å². The Labute approximate surface area is 207 Å². The molecule has 1 amide bonds. The van der Waals surface area contributed by atoms with Crippen molar-refractivity contribution in [3.8, 4) is 5.75 Å². The highest BCUT2D eigenvalue weighted by Gasteiger charge is 2.30. The Balaban J connectivity index is 1.38. The van der Waals surface area contributed by atoms with Gasteiger partial charge in [-0.05, 0) is 81.0 Å². The largest absolute Gasteiger partial charge is 0.489 e. The second-order valence-electron chi connectivity index (χ2n) is 8.84. The number of nitrogens with one attached hydrogen (secondary N) is 1. The standard InChI is InChI=1S/C27H31N3O4S/c1-29-17-15-24(16-18-29)30(2)35(32,33)26-13-11-23(12-14-26)28-27(31)22-9-6-10-25(19-22)34-20-21-7-4-3-5-8-21/h3-14,19,24H,15-18,20H2,1-2H3,(H,28,31). The summed E-state index contributed by atoms with van der Waals surface area (Å²) in [5.74, 6) is 0.300. The Kier molecular flexibility index (Phi) is 7.85. The van der Waals surface area contributed by atoms with Crippen molar-refractivity contribution in [2.45, 2.75) is 30.4 Å². The number of ether oxygens (including phenoxy) is 1. The first kappa shape index (κ1) is 24.9. The average Bonchev–Trinajstić information content (AvgIpc) is 2.88. The van der Waals surface area contributed by atoms with Crippen molar-refractivity contribution in [3.63, 3.8) is 0 Å². The maximum absolute atomic E-state index is 13.1. The molecule has 3 aromatic rings. The third kappa shape index (κ3) is 6.28. The SMILES string of the molecule is CN1CCC(N(C)S(=O)(=O)c2ccc(NC(=O)c3cccc(OCc4ccccc4)c3)cc2)CC1. The van der Waals surface area contributed by atoms with E-state index in [9.17, 15) is 13.2 Å². The van der Waals surface area contributed by atoms with Crippen LogP contribution in [-0.4, -0.2) is 56.8 Å². The maximum atomic E-state index is 13.1. The van der Waals surface area contributed by atoms with Crippen LogP contribution in [0.3, 0.4) is 0 Å². The van der Waals surface area contributed by atoms with E-state index in [0.717, 1.165) is 31.5 Å². The van der Waals surface area contributed by atoms with Crippen molar-refractivity contribution in [2.24, 2.45) is 0 Å². The summed E-state index contributed by atoms with van der Waals surface area (Å²) in [6.45, 7) is 2.18. The van der Waals surface area contributed by atoms with E-state index in [2.05, 4.69) is 10.2 Å². The maximum Gasteiger partial charge on any atom is 0.255 e. The van der Waals surface area contributed by atoms with Gasteiger partial charge in [-0.2, -0.15) is 4.31 Å². The Morgan fingerprint density at radius 1 is 1.00 bits per heavy atom. The molecule has 0 radical (unpaired) electrons. The molecule has 184 valence electrons. The van der Waals surface area contributed by atoms with Crippen molar-refractivity contribution >= 4 is 21.6 Å². The first-order valence-corrected chi connectivity index (χ1v) is 13.1. The van der Waals surface area contributed by atoms with Gasteiger partial charge >= 0.3 is 0 Å². The second kappa shape index (κ2) is 11.0. The third-order valence-corrected chi connectivity index (χ3v) is 8.26. The molecule has 1 aliphatic heterocycles. The van der Waals surface area contributed by atoms with Crippen molar-refractivity contribution in [1.82, 2.24) is 9.21 Å². The lowest BCUT2D eigenvalue weighted by molar-refractivity contribution is 0.102. The van der Waals surface area contributed by atoms with Gasteiger partial charge in [0.1, 0.15) is 12.4 Å². The van der Waals surface area contributed by atoms with Gasteiger partial charge in [-0.15, -0.1) is 0 Å². The topological polar surface area (TPSA) is 79.0 Å². The summed E-state index contributed by atoms with van der Waals surface area (Å²) in [5, 5.41) is 2.83. The molecule has 0 spiro atoms. The van der Waals surface area contributed by atoms with Crippen LogP contribution in [0.1, 0.15) is 28.8 Å². The van der Waals surface area contributed by atoms with Crippen molar-refractivity contribution in [1.29, 1.82) is 0 Å². The molecule has 3 aromatic carbocycles. The molecule has 35 heavy (non-hydrogen) atoms. The van der Waals surface area contributed by atoms with Gasteiger partial charge in [0.2, 0.25) is 10.0 Å². The molecular weight excluding hydrogens is 462 g/mol. The first-order chi connectivity index (χ1) is 16.8. The highest BCUT2D eigenvalue weighted by atomic mass is 32.2.